The Morgan fingerprint density at radius 1 is 1.15 bits per heavy atom. The molecule has 0 radical (unpaired) electrons. The molecule has 0 fully saturated rings. The van der Waals surface area contributed by atoms with Crippen molar-refractivity contribution in [2.75, 3.05) is 6.54 Å². The molecule has 0 aliphatic heterocycles. The number of nitrogens with zero attached hydrogens (tertiary/aromatic N) is 3. The van der Waals surface area contributed by atoms with Crippen molar-refractivity contribution in [3.05, 3.63) is 48.5 Å². The van der Waals surface area contributed by atoms with E-state index >= 15 is 0 Å². The van der Waals surface area contributed by atoms with Gasteiger partial charge >= 0.3 is 0 Å². The second-order valence-corrected chi connectivity index (χ2v) is 5.68. The number of aromatic nitrogens is 2. The molecule has 0 spiro atoms. The number of benzene rings is 1. The lowest BCUT2D eigenvalue weighted by molar-refractivity contribution is 0.169. The van der Waals surface area contributed by atoms with Crippen molar-refractivity contribution in [1.82, 2.24) is 14.5 Å². The second kappa shape index (κ2) is 6.71. The molecule has 1 atom stereocenters. The lowest BCUT2D eigenvalue weighted by Gasteiger charge is -2.30. The van der Waals surface area contributed by atoms with Crippen LogP contribution in [0.2, 0.25) is 0 Å². The molecule has 0 bridgehead atoms. The maximum atomic E-state index is 4.08. The van der Waals surface area contributed by atoms with Gasteiger partial charge in [0, 0.05) is 30.7 Å². The van der Waals surface area contributed by atoms with Gasteiger partial charge in [0.2, 0.25) is 0 Å². The van der Waals surface area contributed by atoms with Crippen molar-refractivity contribution in [3.63, 3.8) is 0 Å². The van der Waals surface area contributed by atoms with E-state index in [1.54, 1.807) is 6.20 Å². The third-order valence-electron chi connectivity index (χ3n) is 4.07. The standard InChI is InChI=1S/C17H25N3/c1-5-19(15(4)14(2)3)12-16-6-8-17(9-7-16)20-11-10-18-13-20/h6-11,13-15H,5,12H2,1-4H3. The number of hydrogen-bond donors (Lipinski definition) is 0. The van der Waals surface area contributed by atoms with Crippen LogP contribution in [0.15, 0.2) is 43.0 Å². The highest BCUT2D eigenvalue weighted by atomic mass is 15.1. The van der Waals surface area contributed by atoms with Gasteiger partial charge in [0.1, 0.15) is 0 Å². The molecule has 20 heavy (non-hydrogen) atoms. The van der Waals surface area contributed by atoms with Crippen LogP contribution in [0.1, 0.15) is 33.3 Å². The molecular formula is C17H25N3. The zero-order valence-electron chi connectivity index (χ0n) is 13.0. The third-order valence-corrected chi connectivity index (χ3v) is 4.07. The van der Waals surface area contributed by atoms with Crippen LogP contribution in [0, 0.1) is 5.92 Å². The minimum Gasteiger partial charge on any atom is -0.306 e. The van der Waals surface area contributed by atoms with E-state index in [9.17, 15) is 0 Å². The topological polar surface area (TPSA) is 21.1 Å². The molecule has 0 aliphatic rings. The molecule has 108 valence electrons. The summed E-state index contributed by atoms with van der Waals surface area (Å²) in [4.78, 5) is 6.60. The lowest BCUT2D eigenvalue weighted by atomic mass is 10.0. The molecule has 0 amide bonds. The van der Waals surface area contributed by atoms with Gasteiger partial charge in [-0.15, -0.1) is 0 Å². The summed E-state index contributed by atoms with van der Waals surface area (Å²) >= 11 is 0. The first-order valence-electron chi connectivity index (χ1n) is 7.43. The van der Waals surface area contributed by atoms with Crippen LogP contribution >= 0.6 is 0 Å². The average molecular weight is 271 g/mol. The molecular weight excluding hydrogens is 246 g/mol. The van der Waals surface area contributed by atoms with Crippen molar-refractivity contribution >= 4 is 0 Å². The Bertz CT molecular complexity index is 500. The lowest BCUT2D eigenvalue weighted by Crippen LogP contribution is -2.35. The molecule has 3 heteroatoms. The number of hydrogen-bond acceptors (Lipinski definition) is 2. The van der Waals surface area contributed by atoms with E-state index in [2.05, 4.69) is 61.8 Å². The van der Waals surface area contributed by atoms with Gasteiger partial charge in [-0.05, 0) is 37.1 Å². The van der Waals surface area contributed by atoms with E-state index < -0.39 is 0 Å². The van der Waals surface area contributed by atoms with Gasteiger partial charge in [-0.2, -0.15) is 0 Å². The summed E-state index contributed by atoms with van der Waals surface area (Å²) in [7, 11) is 0. The Hall–Kier alpha value is -1.61. The van der Waals surface area contributed by atoms with Gasteiger partial charge < -0.3 is 4.57 Å². The van der Waals surface area contributed by atoms with E-state index in [0.29, 0.717) is 12.0 Å². The number of imidazole rings is 1. The maximum absolute atomic E-state index is 4.08. The molecule has 1 aromatic heterocycles. The largest absolute Gasteiger partial charge is 0.306 e. The Balaban J connectivity index is 2.06. The highest BCUT2D eigenvalue weighted by Gasteiger charge is 2.15. The second-order valence-electron chi connectivity index (χ2n) is 5.68. The van der Waals surface area contributed by atoms with Crippen molar-refractivity contribution in [1.29, 1.82) is 0 Å². The molecule has 3 nitrogen and oxygen atoms in total. The fourth-order valence-corrected chi connectivity index (χ4v) is 2.39. The van der Waals surface area contributed by atoms with Gasteiger partial charge in [-0.3, -0.25) is 4.90 Å². The summed E-state index contributed by atoms with van der Waals surface area (Å²) in [5.41, 5.74) is 2.52. The molecule has 1 unspecified atom stereocenters. The zero-order chi connectivity index (χ0) is 14.5. The van der Waals surface area contributed by atoms with E-state index in [-0.39, 0.29) is 0 Å². The first kappa shape index (κ1) is 14.8. The van der Waals surface area contributed by atoms with Gasteiger partial charge in [0.05, 0.1) is 6.33 Å². The van der Waals surface area contributed by atoms with Crippen molar-refractivity contribution in [2.24, 2.45) is 5.92 Å². The SMILES string of the molecule is CCN(Cc1ccc(-n2ccnc2)cc1)C(C)C(C)C. The monoisotopic (exact) mass is 271 g/mol. The van der Waals surface area contributed by atoms with E-state index in [4.69, 9.17) is 0 Å². The summed E-state index contributed by atoms with van der Waals surface area (Å²) in [5.74, 6) is 0.681. The van der Waals surface area contributed by atoms with E-state index in [1.807, 2.05) is 17.1 Å². The normalized spacial score (nSPS) is 13.1. The molecule has 0 aliphatic carbocycles. The molecule has 1 heterocycles. The van der Waals surface area contributed by atoms with Crippen LogP contribution in [0.3, 0.4) is 0 Å². The molecule has 0 saturated carbocycles. The fourth-order valence-electron chi connectivity index (χ4n) is 2.39. The highest BCUT2D eigenvalue weighted by molar-refractivity contribution is 5.34. The van der Waals surface area contributed by atoms with Crippen LogP contribution in [0.4, 0.5) is 0 Å². The predicted molar refractivity (Wildman–Crippen MR) is 83.9 cm³/mol. The molecule has 1 aromatic carbocycles. The Morgan fingerprint density at radius 3 is 2.35 bits per heavy atom. The Kier molecular flexibility index (Phi) is 4.96. The zero-order valence-corrected chi connectivity index (χ0v) is 13.0. The minimum absolute atomic E-state index is 0.605. The smallest absolute Gasteiger partial charge is 0.0991 e. The summed E-state index contributed by atoms with van der Waals surface area (Å²) in [6.45, 7) is 11.2. The molecule has 0 saturated heterocycles. The Morgan fingerprint density at radius 2 is 1.85 bits per heavy atom. The van der Waals surface area contributed by atoms with E-state index in [1.165, 1.54) is 5.56 Å². The summed E-state index contributed by atoms with van der Waals surface area (Å²) in [5, 5.41) is 0. The van der Waals surface area contributed by atoms with Crippen molar-refractivity contribution in [2.45, 2.75) is 40.3 Å². The van der Waals surface area contributed by atoms with Crippen LogP contribution in [0.5, 0.6) is 0 Å². The van der Waals surface area contributed by atoms with Crippen LogP contribution in [-0.4, -0.2) is 27.0 Å². The van der Waals surface area contributed by atoms with Crippen molar-refractivity contribution < 1.29 is 0 Å². The molecule has 2 rings (SSSR count). The first-order chi connectivity index (χ1) is 9.61. The summed E-state index contributed by atoms with van der Waals surface area (Å²) < 4.78 is 2.03. The van der Waals surface area contributed by atoms with E-state index in [0.717, 1.165) is 18.8 Å². The van der Waals surface area contributed by atoms with Crippen LogP contribution < -0.4 is 0 Å². The minimum atomic E-state index is 0.605. The van der Waals surface area contributed by atoms with Crippen LogP contribution in [-0.2, 0) is 6.54 Å². The highest BCUT2D eigenvalue weighted by Crippen LogP contribution is 2.16. The van der Waals surface area contributed by atoms with Gasteiger partial charge in [-0.25, -0.2) is 4.98 Å². The predicted octanol–water partition coefficient (Wildman–Crippen LogP) is 3.74. The Labute approximate surface area is 122 Å². The average Bonchev–Trinajstić information content (AvgIpc) is 2.98. The summed E-state index contributed by atoms with van der Waals surface area (Å²) in [6, 6.07) is 9.35. The van der Waals surface area contributed by atoms with Crippen molar-refractivity contribution in [3.8, 4) is 5.69 Å². The maximum Gasteiger partial charge on any atom is 0.0991 e. The van der Waals surface area contributed by atoms with Crippen LogP contribution in [0.25, 0.3) is 5.69 Å². The summed E-state index contributed by atoms with van der Waals surface area (Å²) in [6.07, 6.45) is 5.60. The van der Waals surface area contributed by atoms with Gasteiger partial charge in [0.15, 0.2) is 0 Å². The van der Waals surface area contributed by atoms with Gasteiger partial charge in [0.25, 0.3) is 0 Å². The first-order valence-corrected chi connectivity index (χ1v) is 7.43. The fraction of sp³-hybridized carbons (Fsp3) is 0.471. The molecule has 2 aromatic rings. The van der Waals surface area contributed by atoms with Gasteiger partial charge in [-0.1, -0.05) is 32.9 Å². The molecule has 0 N–H and O–H groups in total. The number of rotatable bonds is 6. The third kappa shape index (κ3) is 3.48. The quantitative estimate of drug-likeness (QED) is 0.798.